The van der Waals surface area contributed by atoms with Crippen LogP contribution in [0.3, 0.4) is 0 Å². The van der Waals surface area contributed by atoms with Crippen molar-refractivity contribution in [2.45, 2.75) is 71.4 Å². The Kier molecular flexibility index (Phi) is 13.6. The van der Waals surface area contributed by atoms with Gasteiger partial charge in [0.25, 0.3) is 0 Å². The van der Waals surface area contributed by atoms with Crippen molar-refractivity contribution in [2.24, 2.45) is 11.8 Å². The maximum Gasteiger partial charge on any atom is 0.419 e. The number of aromatic amines is 2. The van der Waals surface area contributed by atoms with Crippen molar-refractivity contribution in [2.75, 3.05) is 26.2 Å². The lowest BCUT2D eigenvalue weighted by atomic mass is 9.88. The summed E-state index contributed by atoms with van der Waals surface area (Å²) in [7, 11) is 0. The highest BCUT2D eigenvalue weighted by molar-refractivity contribution is 6.31. The second-order valence-electron chi connectivity index (χ2n) is 16.2. The van der Waals surface area contributed by atoms with Gasteiger partial charge in [-0.2, -0.15) is 23.4 Å². The Morgan fingerprint density at radius 3 is 1.49 bits per heavy atom. The first-order chi connectivity index (χ1) is 30.1. The number of amides is 2. The zero-order valence-electron chi connectivity index (χ0n) is 35.1. The number of piperidine rings is 2. The molecule has 2 N–H and O–H groups in total. The number of rotatable bonds is 8. The summed E-state index contributed by atoms with van der Waals surface area (Å²) in [5.74, 6) is -1.61. The lowest BCUT2D eigenvalue weighted by molar-refractivity contribution is -0.140. The first-order valence-corrected chi connectivity index (χ1v) is 21.1. The van der Waals surface area contributed by atoms with Gasteiger partial charge in [0.2, 0.25) is 11.8 Å². The number of aromatic nitrogens is 8. The van der Waals surface area contributed by atoms with Crippen LogP contribution >= 0.6 is 11.6 Å². The summed E-state index contributed by atoms with van der Waals surface area (Å²) in [5, 5.41) is 14.8. The molecule has 4 aromatic heterocycles. The normalized spacial score (nSPS) is 15.2. The number of nitrogens with zero attached hydrogens (tertiary/aromatic N) is 8. The predicted octanol–water partition coefficient (Wildman–Crippen LogP) is 9.74. The first-order valence-electron chi connectivity index (χ1n) is 20.7. The van der Waals surface area contributed by atoms with Crippen molar-refractivity contribution in [3.8, 4) is 45.0 Å². The van der Waals surface area contributed by atoms with E-state index >= 15 is 0 Å². The van der Waals surface area contributed by atoms with Crippen LogP contribution in [-0.2, 0) is 15.8 Å². The zero-order valence-corrected chi connectivity index (χ0v) is 35.8. The van der Waals surface area contributed by atoms with Crippen molar-refractivity contribution in [3.05, 3.63) is 107 Å². The Labute approximate surface area is 365 Å². The van der Waals surface area contributed by atoms with Crippen LogP contribution in [0.2, 0.25) is 5.02 Å². The molecule has 0 spiro atoms. The number of carbonyl (C=O) groups excluding carboxylic acids is 2. The number of nitrogens with one attached hydrogen (secondary N) is 2. The number of hydrogen-bond donors (Lipinski definition) is 2. The van der Waals surface area contributed by atoms with E-state index in [-0.39, 0.29) is 51.8 Å². The summed E-state index contributed by atoms with van der Waals surface area (Å²) in [6, 6.07) is 11.4. The minimum absolute atomic E-state index is 0.0114. The number of likely N-dealkylation sites (tertiary alicyclic amines) is 2. The Morgan fingerprint density at radius 1 is 0.667 bits per heavy atom. The molecule has 2 fully saturated rings. The van der Waals surface area contributed by atoms with Gasteiger partial charge in [0.15, 0.2) is 5.82 Å². The summed E-state index contributed by atoms with van der Waals surface area (Å²) >= 11 is 6.01. The summed E-state index contributed by atoms with van der Waals surface area (Å²) in [6.45, 7) is 10.0. The average molecular weight is 889 g/mol. The van der Waals surface area contributed by atoms with E-state index in [9.17, 15) is 31.5 Å². The molecule has 0 saturated carbocycles. The van der Waals surface area contributed by atoms with E-state index in [4.69, 9.17) is 11.6 Å². The minimum atomic E-state index is -4.83. The van der Waals surface area contributed by atoms with Gasteiger partial charge in [-0.1, -0.05) is 51.4 Å². The zero-order chi connectivity index (χ0) is 45.0. The molecule has 6 aromatic rings. The van der Waals surface area contributed by atoms with Crippen LogP contribution in [0.4, 0.5) is 22.0 Å². The molecule has 2 aromatic carbocycles. The molecule has 63 heavy (non-hydrogen) atoms. The van der Waals surface area contributed by atoms with E-state index in [0.717, 1.165) is 30.2 Å². The van der Waals surface area contributed by atoms with Crippen molar-refractivity contribution < 1.29 is 31.5 Å². The number of halogens is 6. The van der Waals surface area contributed by atoms with Crippen molar-refractivity contribution in [1.82, 2.24) is 50.1 Å². The first kappa shape index (κ1) is 44.9. The van der Waals surface area contributed by atoms with Gasteiger partial charge in [-0.05, 0) is 62.1 Å². The van der Waals surface area contributed by atoms with E-state index in [2.05, 4.69) is 40.3 Å². The molecule has 2 aliphatic rings. The fourth-order valence-corrected chi connectivity index (χ4v) is 8.39. The highest BCUT2D eigenvalue weighted by Gasteiger charge is 2.37. The standard InChI is InChI=1S/C23H23F4N5O.C22H23ClFN5O/c1-13(2)22(33)32-10-7-14(8-11-32)20-18(17-6-9-28-12-29-17)21(31-30-20)15-4-3-5-16(19(15)24)23(25,26)27;1-13(2)22(30)29-10-7-14(8-11-29)20-18(17-6-9-25-12-26-17)21(28-27-20)15-4-3-5-16(23)19(15)24/h3-6,9,12-14H,7-8,10-11H2,1-2H3,(H,30,31);3-6,9,12-14H,7-8,10-11H2,1-2H3,(H,27,28). The van der Waals surface area contributed by atoms with E-state index in [0.29, 0.717) is 79.0 Å². The third-order valence-electron chi connectivity index (χ3n) is 11.4. The van der Waals surface area contributed by atoms with Gasteiger partial charge in [-0.3, -0.25) is 19.8 Å². The van der Waals surface area contributed by atoms with Crippen LogP contribution in [-0.4, -0.2) is 88.1 Å². The monoisotopic (exact) mass is 888 g/mol. The lowest BCUT2D eigenvalue weighted by Crippen LogP contribution is -2.40. The Hall–Kier alpha value is -6.10. The van der Waals surface area contributed by atoms with E-state index in [1.165, 1.54) is 31.0 Å². The van der Waals surface area contributed by atoms with Gasteiger partial charge in [0.1, 0.15) is 29.9 Å². The van der Waals surface area contributed by atoms with Crippen LogP contribution in [0.5, 0.6) is 0 Å². The van der Waals surface area contributed by atoms with Crippen LogP contribution in [0.15, 0.2) is 73.6 Å². The molecule has 8 rings (SSSR count). The number of benzene rings is 2. The van der Waals surface area contributed by atoms with Gasteiger partial charge in [-0.25, -0.2) is 28.7 Å². The third-order valence-corrected chi connectivity index (χ3v) is 11.7. The maximum atomic E-state index is 15.0. The van der Waals surface area contributed by atoms with Crippen LogP contribution in [0.25, 0.3) is 45.0 Å². The summed E-state index contributed by atoms with van der Waals surface area (Å²) in [4.78, 5) is 44.9. The number of carbonyl (C=O) groups is 2. The Morgan fingerprint density at radius 2 is 1.10 bits per heavy atom. The molecule has 12 nitrogen and oxygen atoms in total. The molecule has 0 aliphatic carbocycles. The maximum absolute atomic E-state index is 15.0. The molecule has 0 unspecified atom stereocenters. The van der Waals surface area contributed by atoms with Crippen molar-refractivity contribution >= 4 is 23.4 Å². The topological polar surface area (TPSA) is 150 Å². The summed E-state index contributed by atoms with van der Waals surface area (Å²) in [5.41, 5.74) is 3.13. The van der Waals surface area contributed by atoms with Gasteiger partial charge in [0, 0.05) is 95.9 Å². The molecule has 0 bridgehead atoms. The smallest absolute Gasteiger partial charge is 0.342 e. The van der Waals surface area contributed by atoms with Crippen LogP contribution in [0, 0.1) is 23.5 Å². The molecule has 2 aliphatic heterocycles. The molecule has 6 heterocycles. The quantitative estimate of drug-likeness (QED) is 0.144. The lowest BCUT2D eigenvalue weighted by Gasteiger charge is -2.33. The van der Waals surface area contributed by atoms with Gasteiger partial charge in [0.05, 0.1) is 22.0 Å². The fourth-order valence-electron chi connectivity index (χ4n) is 8.22. The second-order valence-corrected chi connectivity index (χ2v) is 16.6. The molecular formula is C45H46ClF5N10O2. The molecule has 0 radical (unpaired) electrons. The minimum Gasteiger partial charge on any atom is -0.342 e. The SMILES string of the molecule is CC(C)C(=O)N1CCC(c2[nH]nc(-c3cccc(C(F)(F)F)c3F)c2-c2ccncn2)CC1.CC(C)C(=O)N1CCC(c2[nH]nc(-c3cccc(Cl)c3F)c2-c2ccncn2)CC1. The molecular weight excluding hydrogens is 843 g/mol. The number of alkyl halides is 3. The molecule has 18 heteroatoms. The van der Waals surface area contributed by atoms with E-state index < -0.39 is 23.4 Å². The second kappa shape index (κ2) is 19.1. The van der Waals surface area contributed by atoms with Gasteiger partial charge in [-0.15, -0.1) is 0 Å². The molecule has 2 saturated heterocycles. The van der Waals surface area contributed by atoms with Gasteiger partial charge < -0.3 is 9.80 Å². The summed E-state index contributed by atoms with van der Waals surface area (Å²) in [6.07, 6.45) is 4.01. The molecule has 0 atom stereocenters. The molecule has 2 amide bonds. The van der Waals surface area contributed by atoms with Crippen LogP contribution < -0.4 is 0 Å². The largest absolute Gasteiger partial charge is 0.419 e. The molecule has 330 valence electrons. The number of H-pyrrole nitrogens is 2. The van der Waals surface area contributed by atoms with Crippen molar-refractivity contribution in [1.29, 1.82) is 0 Å². The highest BCUT2D eigenvalue weighted by Crippen LogP contribution is 2.43. The van der Waals surface area contributed by atoms with E-state index in [1.807, 2.05) is 37.5 Å². The fraction of sp³-hybridized carbons (Fsp3) is 0.378. The van der Waals surface area contributed by atoms with Crippen molar-refractivity contribution in [3.63, 3.8) is 0 Å². The van der Waals surface area contributed by atoms with E-state index in [1.54, 1.807) is 30.5 Å². The third kappa shape index (κ3) is 9.62. The Balaban J connectivity index is 0.000000190. The van der Waals surface area contributed by atoms with Gasteiger partial charge >= 0.3 is 6.18 Å². The highest BCUT2D eigenvalue weighted by atomic mass is 35.5. The average Bonchev–Trinajstić information content (AvgIpc) is 3.93. The predicted molar refractivity (Wildman–Crippen MR) is 227 cm³/mol. The Bertz CT molecular complexity index is 2530. The van der Waals surface area contributed by atoms with Crippen LogP contribution in [0.1, 0.15) is 82.2 Å². The number of hydrogen-bond acceptors (Lipinski definition) is 8. The summed E-state index contributed by atoms with van der Waals surface area (Å²) < 4.78 is 69.7.